The van der Waals surface area contributed by atoms with Crippen LogP contribution in [-0.2, 0) is 0 Å². The minimum atomic E-state index is -3.34. The Labute approximate surface area is 250 Å². The molecule has 0 unspecified atom stereocenters. The van der Waals surface area contributed by atoms with Crippen molar-refractivity contribution in [1.29, 1.82) is 0 Å². The van der Waals surface area contributed by atoms with Crippen molar-refractivity contribution in [2.45, 2.75) is 43.9 Å². The number of unbranched alkanes of at least 4 members (excludes halogenated alkanes) is 1. The third-order valence-electron chi connectivity index (χ3n) is 8.06. The molecule has 5 rings (SSSR count). The summed E-state index contributed by atoms with van der Waals surface area (Å²) in [5.41, 5.74) is 3.33. The van der Waals surface area contributed by atoms with Crippen LogP contribution in [0.15, 0.2) is 109 Å². The zero-order chi connectivity index (χ0) is 27.5. The molecule has 2 atom stereocenters. The van der Waals surface area contributed by atoms with E-state index in [2.05, 4.69) is 94.1 Å². The molecule has 7 heteroatoms. The van der Waals surface area contributed by atoms with E-state index in [1.165, 1.54) is 23.3 Å². The molecular formula is C32H35ClF2INP2. The van der Waals surface area contributed by atoms with E-state index in [0.29, 0.717) is 11.3 Å². The molecule has 0 bridgehead atoms. The number of hydrogen-bond donors (Lipinski definition) is 0. The van der Waals surface area contributed by atoms with Crippen LogP contribution in [0.3, 0.4) is 0 Å². The predicted octanol–water partition coefficient (Wildman–Crippen LogP) is 10.1. The van der Waals surface area contributed by atoms with Crippen LogP contribution >= 0.6 is 45.1 Å². The number of halogens is 4. The number of nitrogens with zero attached hydrogens (tertiary/aromatic N) is 1. The standard InChI is InChI=1S/C32H35ClF2INP2/c1-2-3-22-37(38(33,29-18-10-16-27(34)23-29)30-19-11-17-28(35)24-30)39(36)31(25-12-6-4-7-13-25)20-21-32(39)26-14-8-5-9-15-26/h4-19,23-24,31-32,38-39H,2-3,20-22H2,1H3/t31-,32-/m0/s1. The van der Waals surface area contributed by atoms with Crippen molar-refractivity contribution >= 4 is 55.7 Å². The summed E-state index contributed by atoms with van der Waals surface area (Å²) in [6, 6.07) is 35.1. The minimum absolute atomic E-state index is 0.313. The average molecular weight is 696 g/mol. The van der Waals surface area contributed by atoms with E-state index in [4.69, 9.17) is 11.2 Å². The first-order valence-corrected chi connectivity index (χ1v) is 21.8. The van der Waals surface area contributed by atoms with Crippen LogP contribution in [0.5, 0.6) is 0 Å². The molecule has 1 saturated heterocycles. The van der Waals surface area contributed by atoms with Gasteiger partial charge in [0.2, 0.25) is 0 Å². The molecule has 1 nitrogen and oxygen atoms in total. The number of rotatable bonds is 9. The van der Waals surface area contributed by atoms with E-state index in [1.807, 2.05) is 12.1 Å². The van der Waals surface area contributed by atoms with Gasteiger partial charge in [0, 0.05) is 0 Å². The summed E-state index contributed by atoms with van der Waals surface area (Å²) in [4.78, 5) is 0. The summed E-state index contributed by atoms with van der Waals surface area (Å²) in [5.74, 6) is -0.627. The average Bonchev–Trinajstić information content (AvgIpc) is 3.31. The third-order valence-corrected chi connectivity index (χ3v) is 27.5. The molecule has 39 heavy (non-hydrogen) atoms. The van der Waals surface area contributed by atoms with Crippen molar-refractivity contribution in [2.24, 2.45) is 0 Å². The monoisotopic (exact) mass is 695 g/mol. The first-order chi connectivity index (χ1) is 18.9. The Hall–Kier alpha value is -1.42. The van der Waals surface area contributed by atoms with Gasteiger partial charge >= 0.3 is 251 Å². The van der Waals surface area contributed by atoms with Crippen LogP contribution in [0.4, 0.5) is 8.78 Å². The Balaban J connectivity index is 1.79. The molecule has 0 saturated carbocycles. The fraction of sp³-hybridized carbons (Fsp3) is 0.250. The van der Waals surface area contributed by atoms with Crippen LogP contribution < -0.4 is 10.6 Å². The second kappa shape index (κ2) is 12.6. The molecule has 0 N–H and O–H groups in total. The molecule has 4 aromatic carbocycles. The first kappa shape index (κ1) is 29.1. The summed E-state index contributed by atoms with van der Waals surface area (Å²) in [5, 5.41) is -0.986. The van der Waals surface area contributed by atoms with Crippen LogP contribution in [0.25, 0.3) is 0 Å². The summed E-state index contributed by atoms with van der Waals surface area (Å²) in [6.45, 7) is -0.351. The molecule has 1 fully saturated rings. The van der Waals surface area contributed by atoms with E-state index in [-0.39, 0.29) is 11.6 Å². The Morgan fingerprint density at radius 1 is 0.769 bits per heavy atom. The molecule has 0 amide bonds. The first-order valence-electron chi connectivity index (χ1n) is 13.7. The molecule has 0 spiro atoms. The molecule has 1 aliphatic heterocycles. The van der Waals surface area contributed by atoms with Crippen molar-refractivity contribution < 1.29 is 8.78 Å². The van der Waals surface area contributed by atoms with E-state index in [1.54, 1.807) is 24.3 Å². The molecule has 0 aromatic heterocycles. The Morgan fingerprint density at radius 3 is 1.64 bits per heavy atom. The Kier molecular flexibility index (Phi) is 9.41. The van der Waals surface area contributed by atoms with Gasteiger partial charge < -0.3 is 0 Å². The molecule has 0 radical (unpaired) electrons. The summed E-state index contributed by atoms with van der Waals surface area (Å²) in [7, 11) is 0. The van der Waals surface area contributed by atoms with E-state index >= 15 is 0 Å². The zero-order valence-corrected chi connectivity index (χ0v) is 27.0. The topological polar surface area (TPSA) is 3.24 Å². The van der Waals surface area contributed by atoms with Crippen LogP contribution in [0.1, 0.15) is 55.1 Å². The fourth-order valence-electron chi connectivity index (χ4n) is 6.27. The van der Waals surface area contributed by atoms with E-state index < -0.39 is 11.8 Å². The molecule has 0 aliphatic carbocycles. The van der Waals surface area contributed by atoms with Gasteiger partial charge in [-0.3, -0.25) is 0 Å². The van der Waals surface area contributed by atoms with Gasteiger partial charge in [-0.05, 0) is 0 Å². The Morgan fingerprint density at radius 2 is 1.23 bits per heavy atom. The normalized spacial score (nSPS) is 20.2. The number of benzene rings is 4. The third kappa shape index (κ3) is 5.70. The van der Waals surface area contributed by atoms with Gasteiger partial charge in [-0.1, -0.05) is 0 Å². The van der Waals surface area contributed by atoms with E-state index in [9.17, 15) is 8.78 Å². The molecular weight excluding hydrogens is 661 g/mol. The van der Waals surface area contributed by atoms with Gasteiger partial charge in [-0.25, -0.2) is 0 Å². The van der Waals surface area contributed by atoms with Crippen molar-refractivity contribution in [3.8, 4) is 0 Å². The zero-order valence-electron chi connectivity index (χ0n) is 22.0. The van der Waals surface area contributed by atoms with Gasteiger partial charge in [0.25, 0.3) is 0 Å². The molecule has 1 aliphatic rings. The molecule has 206 valence electrons. The van der Waals surface area contributed by atoms with Gasteiger partial charge in [0.15, 0.2) is 0 Å². The maximum absolute atomic E-state index is 14.8. The fourth-order valence-corrected chi connectivity index (χ4v) is 28.3. The quantitative estimate of drug-likeness (QED) is 0.125. The van der Waals surface area contributed by atoms with Crippen LogP contribution in [0, 0.1) is 11.6 Å². The summed E-state index contributed by atoms with van der Waals surface area (Å²) >= 11 is 10.9. The second-order valence-electron chi connectivity index (χ2n) is 10.4. The van der Waals surface area contributed by atoms with Crippen molar-refractivity contribution in [3.05, 3.63) is 132 Å². The van der Waals surface area contributed by atoms with Crippen LogP contribution in [0.2, 0.25) is 0 Å². The van der Waals surface area contributed by atoms with Gasteiger partial charge in [0.1, 0.15) is 0 Å². The number of hydrogen-bond acceptors (Lipinski definition) is 1. The molecule has 1 heterocycles. The molecule has 4 aromatic rings. The Bertz CT molecular complexity index is 1300. The SMILES string of the molecule is CCCCN([PH](Cl)(c1cccc(F)c1)c1cccc(F)c1)[PH]1(I)[C@H](c2ccccc2)CC[C@H]1c1ccccc1. The van der Waals surface area contributed by atoms with Gasteiger partial charge in [-0.2, -0.15) is 0 Å². The summed E-state index contributed by atoms with van der Waals surface area (Å²) < 4.78 is 32.3. The predicted molar refractivity (Wildman–Crippen MR) is 178 cm³/mol. The second-order valence-corrected chi connectivity index (χ2v) is 24.0. The van der Waals surface area contributed by atoms with E-state index in [0.717, 1.165) is 42.8 Å². The van der Waals surface area contributed by atoms with Crippen LogP contribution in [-0.4, -0.2) is 11.0 Å². The van der Waals surface area contributed by atoms with Crippen molar-refractivity contribution in [2.75, 3.05) is 6.54 Å². The van der Waals surface area contributed by atoms with Gasteiger partial charge in [-0.15, -0.1) is 0 Å². The van der Waals surface area contributed by atoms with Gasteiger partial charge in [0.05, 0.1) is 0 Å². The summed E-state index contributed by atoms with van der Waals surface area (Å²) in [6.07, 6.45) is 4.11. The van der Waals surface area contributed by atoms with Crippen molar-refractivity contribution in [1.82, 2.24) is 4.44 Å². The maximum atomic E-state index is 14.8. The van der Waals surface area contributed by atoms with Crippen molar-refractivity contribution in [3.63, 3.8) is 0 Å².